The molecular weight excluding hydrogens is 494 g/mol. The van der Waals surface area contributed by atoms with Crippen LogP contribution in [0.3, 0.4) is 0 Å². The van der Waals surface area contributed by atoms with Gasteiger partial charge in [0.15, 0.2) is 5.75 Å². The van der Waals surface area contributed by atoms with Crippen molar-refractivity contribution in [2.75, 3.05) is 4.90 Å². The zero-order valence-corrected chi connectivity index (χ0v) is 22.0. The van der Waals surface area contributed by atoms with Crippen LogP contribution < -0.4 is 4.90 Å². The summed E-state index contributed by atoms with van der Waals surface area (Å²) in [5.74, 6) is 0.299. The van der Waals surface area contributed by atoms with Gasteiger partial charge in [-0.05, 0) is 58.7 Å². The Morgan fingerprint density at radius 2 is 0.923 bits per heavy atom. The molecule has 0 atom stereocenters. The molecule has 7 aromatic rings. The number of hydrogen-bond acceptors (Lipinski definition) is 3. The predicted octanol–water partition coefficient (Wildman–Crippen LogP) is 10.6. The van der Waals surface area contributed by atoms with Crippen molar-refractivity contribution in [3.8, 4) is 28.0 Å². The van der Waals surface area contributed by atoms with Crippen LogP contribution in [0.4, 0.5) is 17.1 Å². The molecule has 0 aliphatic heterocycles. The molecule has 186 valence electrons. The van der Waals surface area contributed by atoms with E-state index in [1.807, 2.05) is 30.3 Å². The highest BCUT2D eigenvalue weighted by Gasteiger charge is 2.20. The molecule has 0 aliphatic carbocycles. The molecule has 6 aromatic carbocycles. The molecule has 0 fully saturated rings. The summed E-state index contributed by atoms with van der Waals surface area (Å²) in [5, 5.41) is 13.9. The molecule has 39 heavy (non-hydrogen) atoms. The third kappa shape index (κ3) is 4.23. The van der Waals surface area contributed by atoms with Crippen LogP contribution in [-0.4, -0.2) is 5.11 Å². The van der Waals surface area contributed by atoms with E-state index in [1.165, 1.54) is 21.2 Å². The lowest BCUT2D eigenvalue weighted by molar-refractivity contribution is 0.483. The van der Waals surface area contributed by atoms with Gasteiger partial charge in [-0.25, -0.2) is 0 Å². The van der Waals surface area contributed by atoms with E-state index in [0.29, 0.717) is 5.75 Å². The molecule has 1 N–H and O–H groups in total. The minimum absolute atomic E-state index is 0.299. The van der Waals surface area contributed by atoms with Crippen LogP contribution in [0.25, 0.3) is 42.4 Å². The predicted molar refractivity (Wildman–Crippen MR) is 167 cm³/mol. The van der Waals surface area contributed by atoms with E-state index in [1.54, 1.807) is 11.3 Å². The molecule has 2 nitrogen and oxygen atoms in total. The molecule has 0 unspecified atom stereocenters. The van der Waals surface area contributed by atoms with Crippen molar-refractivity contribution >= 4 is 48.6 Å². The first-order valence-corrected chi connectivity index (χ1v) is 13.8. The number of fused-ring (bicyclic) bond motifs is 3. The summed E-state index contributed by atoms with van der Waals surface area (Å²) in [5.41, 5.74) is 7.39. The quantitative estimate of drug-likeness (QED) is 0.244. The Morgan fingerprint density at radius 1 is 0.436 bits per heavy atom. The van der Waals surface area contributed by atoms with E-state index in [2.05, 4.69) is 120 Å². The zero-order chi connectivity index (χ0) is 26.2. The second-order valence-corrected chi connectivity index (χ2v) is 10.6. The Bertz CT molecular complexity index is 1810. The molecule has 0 radical (unpaired) electrons. The molecular formula is C36H25NOS. The average Bonchev–Trinajstić information content (AvgIpc) is 3.40. The number of anilines is 3. The van der Waals surface area contributed by atoms with Gasteiger partial charge in [0.2, 0.25) is 0 Å². The molecule has 0 bridgehead atoms. The number of hydrogen-bond donors (Lipinski definition) is 1. The van der Waals surface area contributed by atoms with Gasteiger partial charge in [-0.3, -0.25) is 0 Å². The Kier molecular flexibility index (Phi) is 5.84. The number of aromatic hydroxyl groups is 1. The van der Waals surface area contributed by atoms with Crippen molar-refractivity contribution < 1.29 is 5.11 Å². The highest BCUT2D eigenvalue weighted by atomic mass is 32.1. The maximum atomic E-state index is 11.7. The van der Waals surface area contributed by atoms with Gasteiger partial charge in [-0.2, -0.15) is 0 Å². The fourth-order valence-corrected chi connectivity index (χ4v) is 6.38. The Labute approximate surface area is 231 Å². The van der Waals surface area contributed by atoms with Crippen LogP contribution >= 0.6 is 11.3 Å². The van der Waals surface area contributed by atoms with Crippen LogP contribution in [0.1, 0.15) is 0 Å². The Morgan fingerprint density at radius 3 is 1.49 bits per heavy atom. The minimum atomic E-state index is 0.299. The van der Waals surface area contributed by atoms with Gasteiger partial charge in [0.25, 0.3) is 0 Å². The van der Waals surface area contributed by atoms with E-state index >= 15 is 0 Å². The molecule has 7 rings (SSSR count). The summed E-state index contributed by atoms with van der Waals surface area (Å²) < 4.78 is 2.08. The minimum Gasteiger partial charge on any atom is -0.504 e. The molecule has 1 aromatic heterocycles. The summed E-state index contributed by atoms with van der Waals surface area (Å²) in [6.45, 7) is 0. The SMILES string of the molecule is Oc1c(N(c2ccc(-c3ccccc3)cc2)c2ccc(-c3ccccc3)cc2)ccc2c1sc1ccccc12. The van der Waals surface area contributed by atoms with E-state index in [4.69, 9.17) is 0 Å². The van der Waals surface area contributed by atoms with E-state index < -0.39 is 0 Å². The standard InChI is InChI=1S/C36H25NOS/c38-35-33(24-23-32-31-13-7-8-14-34(31)39-36(32)35)37(29-19-15-27(16-20-29)25-9-3-1-4-10-25)30-21-17-28(18-22-30)26-11-5-2-6-12-26/h1-24,38H. The highest BCUT2D eigenvalue weighted by Crippen LogP contribution is 2.47. The van der Waals surface area contributed by atoms with Gasteiger partial charge in [-0.1, -0.05) is 109 Å². The first kappa shape index (κ1) is 23.3. The first-order valence-electron chi connectivity index (χ1n) is 13.0. The summed E-state index contributed by atoms with van der Waals surface area (Å²) in [4.78, 5) is 2.14. The van der Waals surface area contributed by atoms with Crippen molar-refractivity contribution in [2.24, 2.45) is 0 Å². The molecule has 0 aliphatic rings. The maximum Gasteiger partial charge on any atom is 0.157 e. The molecule has 0 spiro atoms. The van der Waals surface area contributed by atoms with Crippen molar-refractivity contribution in [3.05, 3.63) is 146 Å². The van der Waals surface area contributed by atoms with Crippen LogP contribution in [0, 0.1) is 0 Å². The fourth-order valence-electron chi connectivity index (χ4n) is 5.24. The van der Waals surface area contributed by atoms with Crippen molar-refractivity contribution in [1.82, 2.24) is 0 Å². The van der Waals surface area contributed by atoms with Gasteiger partial charge >= 0.3 is 0 Å². The summed E-state index contributed by atoms with van der Waals surface area (Å²) in [6, 6.07) is 50.4. The van der Waals surface area contributed by atoms with Gasteiger partial charge in [0, 0.05) is 26.8 Å². The molecule has 0 saturated heterocycles. The van der Waals surface area contributed by atoms with Crippen molar-refractivity contribution in [1.29, 1.82) is 0 Å². The second kappa shape index (κ2) is 9.79. The lowest BCUT2D eigenvalue weighted by Gasteiger charge is -2.27. The lowest BCUT2D eigenvalue weighted by Crippen LogP contribution is -2.10. The number of phenolic OH excluding ortho intramolecular Hbond substituents is 1. The van der Waals surface area contributed by atoms with Crippen LogP contribution in [0.15, 0.2) is 146 Å². The largest absolute Gasteiger partial charge is 0.504 e. The van der Waals surface area contributed by atoms with Crippen LogP contribution in [0.5, 0.6) is 5.75 Å². The average molecular weight is 520 g/mol. The van der Waals surface area contributed by atoms with Gasteiger partial charge < -0.3 is 10.0 Å². The van der Waals surface area contributed by atoms with Crippen molar-refractivity contribution in [3.63, 3.8) is 0 Å². The number of thiophene rings is 1. The Hall–Kier alpha value is -4.86. The van der Waals surface area contributed by atoms with Gasteiger partial charge in [-0.15, -0.1) is 11.3 Å². The topological polar surface area (TPSA) is 23.5 Å². The number of rotatable bonds is 5. The summed E-state index contributed by atoms with van der Waals surface area (Å²) >= 11 is 1.63. The fraction of sp³-hybridized carbons (Fsp3) is 0. The number of benzene rings is 6. The highest BCUT2D eigenvalue weighted by molar-refractivity contribution is 7.26. The molecule has 0 amide bonds. The normalized spacial score (nSPS) is 11.2. The summed E-state index contributed by atoms with van der Waals surface area (Å²) in [7, 11) is 0. The third-order valence-electron chi connectivity index (χ3n) is 7.21. The second-order valence-electron chi connectivity index (χ2n) is 9.57. The number of phenols is 1. The smallest absolute Gasteiger partial charge is 0.157 e. The Balaban J connectivity index is 1.37. The van der Waals surface area contributed by atoms with E-state index in [0.717, 1.165) is 38.3 Å². The van der Waals surface area contributed by atoms with E-state index in [9.17, 15) is 5.11 Å². The van der Waals surface area contributed by atoms with Gasteiger partial charge in [0.05, 0.1) is 10.4 Å². The van der Waals surface area contributed by atoms with Crippen LogP contribution in [0.2, 0.25) is 0 Å². The van der Waals surface area contributed by atoms with Crippen molar-refractivity contribution in [2.45, 2.75) is 0 Å². The maximum absolute atomic E-state index is 11.7. The lowest BCUT2D eigenvalue weighted by atomic mass is 10.0. The molecule has 0 saturated carbocycles. The zero-order valence-electron chi connectivity index (χ0n) is 21.2. The van der Waals surface area contributed by atoms with Gasteiger partial charge in [0.1, 0.15) is 0 Å². The molecule has 1 heterocycles. The monoisotopic (exact) mass is 519 g/mol. The van der Waals surface area contributed by atoms with E-state index in [-0.39, 0.29) is 0 Å². The summed E-state index contributed by atoms with van der Waals surface area (Å²) in [6.07, 6.45) is 0. The van der Waals surface area contributed by atoms with Crippen LogP contribution in [-0.2, 0) is 0 Å². The first-order chi connectivity index (χ1) is 19.3. The third-order valence-corrected chi connectivity index (χ3v) is 8.40. The number of nitrogens with zero attached hydrogens (tertiary/aromatic N) is 1. The molecule has 3 heteroatoms.